The van der Waals surface area contributed by atoms with Gasteiger partial charge in [0.1, 0.15) is 22.5 Å². The van der Waals surface area contributed by atoms with Crippen molar-refractivity contribution in [1.82, 2.24) is 10.2 Å². The molecule has 0 bridgehead atoms. The molecule has 4 aliphatic carbocycles. The molecule has 5 aliphatic rings. The summed E-state index contributed by atoms with van der Waals surface area (Å²) in [5.74, 6) is 0.400. The largest absolute Gasteiger partial charge is 0.465 e. The average Bonchev–Trinajstić information content (AvgIpc) is 3.75. The fraction of sp³-hybridized carbons (Fsp3) is 0.583. The number of halogens is 1. The first kappa shape index (κ1) is 52.2. The molecule has 1 amide bonds. The number of ether oxygens (including phenoxy) is 3. The van der Waals surface area contributed by atoms with Crippen molar-refractivity contribution in [3.63, 3.8) is 0 Å². The number of benzene rings is 2. The second-order valence-corrected chi connectivity index (χ2v) is 19.6. The number of Topliss-reactive ketones (excluding diaryl/α,β-unsaturated/α-hetero) is 2. The Morgan fingerprint density at radius 2 is 1.33 bits per heavy atom. The highest BCUT2D eigenvalue weighted by Gasteiger charge is 2.69. The molecule has 0 aromatic heterocycles. The minimum Gasteiger partial charge on any atom is -0.465 e. The van der Waals surface area contributed by atoms with Crippen molar-refractivity contribution in [3.8, 4) is 5.40 Å². The monoisotopic (exact) mass is 932 g/mol. The van der Waals surface area contributed by atoms with Gasteiger partial charge in [-0.25, -0.2) is 9.69 Å². The Morgan fingerprint density at radius 3 is 1.75 bits per heavy atom. The number of rotatable bonds is 8. The molecule has 0 radical (unpaired) electrons. The lowest BCUT2D eigenvalue weighted by atomic mass is 9.56. The van der Waals surface area contributed by atoms with Crippen molar-refractivity contribution in [2.24, 2.45) is 40.2 Å². The van der Waals surface area contributed by atoms with Gasteiger partial charge >= 0.3 is 5.97 Å². The third-order valence-electron chi connectivity index (χ3n) is 14.0. The molecule has 13 nitrogen and oxygen atoms in total. The number of thioether (sulfide) groups is 1. The zero-order chi connectivity index (χ0) is 46.7. The lowest BCUT2D eigenvalue weighted by Gasteiger charge is -2.51. The summed E-state index contributed by atoms with van der Waals surface area (Å²) in [6.45, 7) is 28.6. The van der Waals surface area contributed by atoms with Crippen LogP contribution in [0.1, 0.15) is 96.4 Å². The maximum absolute atomic E-state index is 14.0. The summed E-state index contributed by atoms with van der Waals surface area (Å²) in [6.07, 6.45) is 4.84. The standard InChI is InChI=1S/C23H27N3O3S.C22H26N2O3S.C3H7NO.ClH/c1-13-9-22(10-14(2)19(13)29-5)11-16-6-7-17(24-4)8-18(16)23(22)20(28)26(12-15(3)27)21(30)25-23;1-6-27-20(25)22(28-13-23)18-9-17(24-4)8-7-16(18)12-21(22)10-14(2)19(26-5)15(3)11-21;1-3(5)2-4;/h6-8,13-14,19H,9-12H2,1-3,5H3,(H,25,30);7-9,14-15,19H,6,10-12H2,1-3,5H3;2,4H2,1H3;1H/t13-,14+,19?,22?,23-;14-,15+,19?,21?,22-;;/m11../s1. The highest BCUT2D eigenvalue weighted by Crippen LogP contribution is 2.66. The van der Waals surface area contributed by atoms with Crippen LogP contribution in [0.2, 0.25) is 0 Å². The van der Waals surface area contributed by atoms with Gasteiger partial charge in [0, 0.05) is 25.0 Å². The van der Waals surface area contributed by atoms with Crippen LogP contribution >= 0.6 is 36.4 Å². The first-order chi connectivity index (χ1) is 29.8. The maximum Gasteiger partial charge on any atom is 0.328 e. The number of thiocyanates is 1. The molecule has 2 saturated carbocycles. The van der Waals surface area contributed by atoms with Crippen LogP contribution in [0, 0.1) is 58.3 Å². The lowest BCUT2D eigenvalue weighted by molar-refractivity contribution is -0.154. The molecule has 7 rings (SSSR count). The number of fused-ring (bicyclic) bond motifs is 4. The number of carbonyl (C=O) groups excluding carboxylic acids is 4. The number of hydrogen-bond donors (Lipinski definition) is 2. The molecule has 2 aromatic carbocycles. The minimum absolute atomic E-state index is 0. The number of nitrogens with zero attached hydrogens (tertiary/aromatic N) is 4. The van der Waals surface area contributed by atoms with Gasteiger partial charge in [0.15, 0.2) is 21.2 Å². The number of nitrogens with one attached hydrogen (secondary N) is 1. The van der Waals surface area contributed by atoms with Crippen molar-refractivity contribution in [2.45, 2.75) is 109 Å². The molecule has 64 heavy (non-hydrogen) atoms. The van der Waals surface area contributed by atoms with Gasteiger partial charge in [-0.3, -0.25) is 24.1 Å². The molecule has 1 saturated heterocycles. The van der Waals surface area contributed by atoms with Crippen molar-refractivity contribution in [3.05, 3.63) is 81.5 Å². The van der Waals surface area contributed by atoms with E-state index in [1.807, 2.05) is 24.3 Å². The van der Waals surface area contributed by atoms with Crippen LogP contribution in [-0.2, 0) is 56.5 Å². The van der Waals surface area contributed by atoms with E-state index in [2.05, 4.69) is 48.1 Å². The van der Waals surface area contributed by atoms with Gasteiger partial charge in [-0.05, 0) is 129 Å². The molecule has 4 unspecified atom stereocenters. The predicted molar refractivity (Wildman–Crippen MR) is 253 cm³/mol. The van der Waals surface area contributed by atoms with Crippen LogP contribution < -0.4 is 11.1 Å². The van der Waals surface area contributed by atoms with Gasteiger partial charge in [0.25, 0.3) is 5.91 Å². The molecule has 344 valence electrons. The summed E-state index contributed by atoms with van der Waals surface area (Å²) >= 11 is 6.55. The van der Waals surface area contributed by atoms with Crippen LogP contribution in [0.3, 0.4) is 0 Å². The SMILES string of the molecule is CC(=O)CN.Cl.[C-]#[N+]c1ccc2c(c1)[C@@](SC#N)(C(=O)OCC)C1(C2)C[C@@H](C)C(OC)[C@@H](C)C1.[C-]#[N+]c1ccc2c(c1)[C@]1(NC(=S)N(CC(C)=O)C1=O)C1(C2)C[C@@H](C)C(OC)[C@@H](C)C1. The van der Waals surface area contributed by atoms with Gasteiger partial charge in [-0.1, -0.05) is 64.1 Å². The topological polar surface area (TPSA) is 170 Å². The number of carbonyl (C=O) groups is 4. The van der Waals surface area contributed by atoms with Crippen LogP contribution in [-0.4, -0.2) is 79.6 Å². The van der Waals surface area contributed by atoms with E-state index in [4.69, 9.17) is 45.3 Å². The fourth-order valence-electron chi connectivity index (χ4n) is 12.2. The van der Waals surface area contributed by atoms with Crippen LogP contribution in [0.4, 0.5) is 11.4 Å². The number of nitrogens with two attached hydrogens (primary N) is 1. The van der Waals surface area contributed by atoms with Gasteiger partial charge in [-0.2, -0.15) is 5.26 Å². The Labute approximate surface area is 393 Å². The predicted octanol–water partition coefficient (Wildman–Crippen LogP) is 8.15. The second-order valence-electron chi connectivity index (χ2n) is 18.2. The Bertz CT molecular complexity index is 2250. The number of ketones is 2. The van der Waals surface area contributed by atoms with E-state index in [0.717, 1.165) is 66.1 Å². The molecule has 16 heteroatoms. The third kappa shape index (κ3) is 8.95. The first-order valence-electron chi connectivity index (χ1n) is 21.5. The fourth-order valence-corrected chi connectivity index (χ4v) is 13.5. The molecule has 10 atom stereocenters. The molecule has 1 heterocycles. The van der Waals surface area contributed by atoms with E-state index in [9.17, 15) is 24.4 Å². The number of hydrogen-bond acceptors (Lipinski definition) is 11. The number of esters is 1. The lowest BCUT2D eigenvalue weighted by Crippen LogP contribution is -2.59. The summed E-state index contributed by atoms with van der Waals surface area (Å²) in [4.78, 5) is 57.5. The summed E-state index contributed by atoms with van der Waals surface area (Å²) in [5, 5.41) is 15.6. The Morgan fingerprint density at radius 1 is 0.875 bits per heavy atom. The number of amides is 1. The summed E-state index contributed by atoms with van der Waals surface area (Å²) < 4.78 is 15.9. The molecule has 3 N–H and O–H groups in total. The average molecular weight is 934 g/mol. The quantitative estimate of drug-likeness (QED) is 0.113. The van der Waals surface area contributed by atoms with Crippen molar-refractivity contribution in [2.75, 3.05) is 33.9 Å². The van der Waals surface area contributed by atoms with E-state index in [0.29, 0.717) is 22.9 Å². The maximum atomic E-state index is 14.0. The first-order valence-corrected chi connectivity index (χ1v) is 22.7. The normalized spacial score (nSPS) is 31.7. The molecular formula is C48H61ClN6O7S2. The van der Waals surface area contributed by atoms with E-state index in [-0.39, 0.29) is 91.4 Å². The second kappa shape index (κ2) is 20.8. The number of nitriles is 1. The minimum atomic E-state index is -1.12. The van der Waals surface area contributed by atoms with Crippen molar-refractivity contribution in [1.29, 1.82) is 5.26 Å². The van der Waals surface area contributed by atoms with Crippen LogP contribution in [0.5, 0.6) is 0 Å². The zero-order valence-corrected chi connectivity index (χ0v) is 40.7. The number of methoxy groups -OCH3 is 2. The Balaban J connectivity index is 0.000000251. The van der Waals surface area contributed by atoms with Gasteiger partial charge in [-0.15, -0.1) is 12.4 Å². The zero-order valence-electron chi connectivity index (χ0n) is 38.2. The Kier molecular flexibility index (Phi) is 17.0. The molecule has 1 aliphatic heterocycles. The Hall–Kier alpha value is -4.40. The summed E-state index contributed by atoms with van der Waals surface area (Å²) in [5.41, 5.74) is 7.67. The van der Waals surface area contributed by atoms with E-state index in [1.54, 1.807) is 33.3 Å². The highest BCUT2D eigenvalue weighted by atomic mass is 35.5. The molecule has 3 spiro atoms. The van der Waals surface area contributed by atoms with Gasteiger partial charge in [0.2, 0.25) is 0 Å². The highest BCUT2D eigenvalue weighted by molar-refractivity contribution is 8.05. The van der Waals surface area contributed by atoms with E-state index < -0.39 is 21.1 Å². The smallest absolute Gasteiger partial charge is 0.328 e. The molecule has 2 aromatic rings. The molecular weight excluding hydrogens is 872 g/mol. The van der Waals surface area contributed by atoms with Gasteiger partial charge in [0.05, 0.1) is 45.0 Å². The van der Waals surface area contributed by atoms with E-state index >= 15 is 0 Å². The third-order valence-corrected chi connectivity index (χ3v) is 15.5. The van der Waals surface area contributed by atoms with Crippen LogP contribution in [0.25, 0.3) is 9.69 Å². The van der Waals surface area contributed by atoms with Crippen molar-refractivity contribution >= 4 is 76.3 Å². The van der Waals surface area contributed by atoms with Crippen molar-refractivity contribution < 1.29 is 33.4 Å². The van der Waals surface area contributed by atoms with Crippen LogP contribution in [0.15, 0.2) is 36.4 Å². The van der Waals surface area contributed by atoms with E-state index in [1.165, 1.54) is 18.7 Å². The summed E-state index contributed by atoms with van der Waals surface area (Å²) in [6, 6.07) is 11.2. The molecule has 3 fully saturated rings. The van der Waals surface area contributed by atoms with Gasteiger partial charge < -0.3 is 25.3 Å². The summed E-state index contributed by atoms with van der Waals surface area (Å²) in [7, 11) is 3.49. The number of thiocarbonyl (C=S) groups is 1.